The van der Waals surface area contributed by atoms with Crippen LogP contribution in [-0.2, 0) is 4.79 Å². The van der Waals surface area contributed by atoms with Gasteiger partial charge in [-0.1, -0.05) is 15.9 Å². The molecule has 2 amide bonds. The summed E-state index contributed by atoms with van der Waals surface area (Å²) in [5, 5.41) is 5.21. The Hall–Kier alpha value is -2.21. The third kappa shape index (κ3) is 4.39. The molecule has 2 N–H and O–H groups in total. The van der Waals surface area contributed by atoms with Gasteiger partial charge in [0.15, 0.2) is 0 Å². The third-order valence-corrected chi connectivity index (χ3v) is 3.47. The molecule has 0 bridgehead atoms. The molecule has 6 heteroatoms. The van der Waals surface area contributed by atoms with Gasteiger partial charge in [-0.25, -0.2) is 4.39 Å². The van der Waals surface area contributed by atoms with E-state index in [1.165, 1.54) is 24.3 Å². The molecule has 0 saturated carbocycles. The lowest BCUT2D eigenvalue weighted by atomic mass is 10.2. The van der Waals surface area contributed by atoms with Gasteiger partial charge >= 0.3 is 0 Å². The zero-order chi connectivity index (χ0) is 16.1. The molecule has 0 spiro atoms. The van der Waals surface area contributed by atoms with Crippen molar-refractivity contribution < 1.29 is 14.0 Å². The molecule has 114 valence electrons. The summed E-state index contributed by atoms with van der Waals surface area (Å²) in [6.07, 6.45) is 0. The van der Waals surface area contributed by atoms with Gasteiger partial charge in [0.05, 0.1) is 6.54 Å². The van der Waals surface area contributed by atoms with Gasteiger partial charge in [-0.2, -0.15) is 0 Å². The number of rotatable bonds is 4. The molecule has 0 saturated heterocycles. The van der Waals surface area contributed by atoms with Crippen LogP contribution in [0.4, 0.5) is 10.1 Å². The summed E-state index contributed by atoms with van der Waals surface area (Å²) >= 11 is 3.35. The van der Waals surface area contributed by atoms with Crippen molar-refractivity contribution in [3.63, 3.8) is 0 Å². The van der Waals surface area contributed by atoms with Crippen molar-refractivity contribution in [3.8, 4) is 0 Å². The molecular formula is C16H14BrFN2O2. The number of anilines is 1. The van der Waals surface area contributed by atoms with Crippen LogP contribution in [0, 0.1) is 12.7 Å². The fourth-order valence-electron chi connectivity index (χ4n) is 1.83. The van der Waals surface area contributed by atoms with E-state index in [1.54, 1.807) is 6.07 Å². The molecule has 0 radical (unpaired) electrons. The van der Waals surface area contributed by atoms with E-state index in [9.17, 15) is 14.0 Å². The number of nitrogens with one attached hydrogen (secondary N) is 2. The Morgan fingerprint density at radius 1 is 1.14 bits per heavy atom. The molecule has 0 aromatic heterocycles. The molecule has 2 rings (SSSR count). The highest BCUT2D eigenvalue weighted by molar-refractivity contribution is 9.10. The van der Waals surface area contributed by atoms with Crippen molar-refractivity contribution in [1.82, 2.24) is 5.32 Å². The maximum absolute atomic E-state index is 12.8. The third-order valence-electron chi connectivity index (χ3n) is 2.98. The van der Waals surface area contributed by atoms with Crippen LogP contribution in [0.2, 0.25) is 0 Å². The lowest BCUT2D eigenvalue weighted by molar-refractivity contribution is -0.115. The molecular weight excluding hydrogens is 351 g/mol. The number of hydrogen-bond donors (Lipinski definition) is 2. The van der Waals surface area contributed by atoms with Gasteiger partial charge in [-0.05, 0) is 55.0 Å². The minimum atomic E-state index is -0.428. The second-order valence-corrected chi connectivity index (χ2v) is 5.61. The molecule has 0 unspecified atom stereocenters. The summed E-state index contributed by atoms with van der Waals surface area (Å²) in [7, 11) is 0. The van der Waals surface area contributed by atoms with E-state index < -0.39 is 11.7 Å². The van der Waals surface area contributed by atoms with Crippen molar-refractivity contribution in [3.05, 3.63) is 63.9 Å². The molecule has 2 aromatic rings. The van der Waals surface area contributed by atoms with Crippen molar-refractivity contribution >= 4 is 33.4 Å². The number of halogens is 2. The van der Waals surface area contributed by atoms with Crippen molar-refractivity contribution in [2.75, 3.05) is 11.9 Å². The largest absolute Gasteiger partial charge is 0.343 e. The molecule has 0 fully saturated rings. The molecule has 0 atom stereocenters. The Balaban J connectivity index is 1.89. The Bertz CT molecular complexity index is 702. The first-order valence-corrected chi connectivity index (χ1v) is 7.35. The van der Waals surface area contributed by atoms with E-state index in [4.69, 9.17) is 0 Å². The summed E-state index contributed by atoms with van der Waals surface area (Å²) in [5.41, 5.74) is 1.89. The number of amides is 2. The topological polar surface area (TPSA) is 58.2 Å². The summed E-state index contributed by atoms with van der Waals surface area (Å²) < 4.78 is 13.7. The average molecular weight is 365 g/mol. The van der Waals surface area contributed by atoms with Gasteiger partial charge in [-0.15, -0.1) is 0 Å². The predicted octanol–water partition coefficient (Wildman–Crippen LogP) is 3.27. The molecule has 0 aliphatic carbocycles. The van der Waals surface area contributed by atoms with Gasteiger partial charge < -0.3 is 10.6 Å². The van der Waals surface area contributed by atoms with Gasteiger partial charge in [0.25, 0.3) is 5.91 Å². The van der Waals surface area contributed by atoms with Crippen molar-refractivity contribution in [2.45, 2.75) is 6.92 Å². The van der Waals surface area contributed by atoms with Crippen LogP contribution < -0.4 is 10.6 Å². The standard InChI is InChI=1S/C16H14BrFN2O2/c1-10-8-12(17)4-7-14(10)20-15(21)9-19-16(22)11-2-5-13(18)6-3-11/h2-8H,9H2,1H3,(H,19,22)(H,20,21). The second kappa shape index (κ2) is 7.17. The average Bonchev–Trinajstić information content (AvgIpc) is 2.48. The Morgan fingerprint density at radius 3 is 2.45 bits per heavy atom. The first-order chi connectivity index (χ1) is 10.5. The number of carbonyl (C=O) groups is 2. The Kier molecular flexibility index (Phi) is 5.27. The highest BCUT2D eigenvalue weighted by atomic mass is 79.9. The van der Waals surface area contributed by atoms with E-state index in [2.05, 4.69) is 26.6 Å². The summed E-state index contributed by atoms with van der Waals surface area (Å²) in [4.78, 5) is 23.6. The van der Waals surface area contributed by atoms with Crippen LogP contribution >= 0.6 is 15.9 Å². The summed E-state index contributed by atoms with van der Waals surface area (Å²) in [6.45, 7) is 1.71. The van der Waals surface area contributed by atoms with E-state index in [0.717, 1.165) is 10.0 Å². The molecule has 2 aromatic carbocycles. The Labute approximate surface area is 135 Å². The van der Waals surface area contributed by atoms with Gasteiger partial charge in [0, 0.05) is 15.7 Å². The SMILES string of the molecule is Cc1cc(Br)ccc1NC(=O)CNC(=O)c1ccc(F)cc1. The van der Waals surface area contributed by atoms with E-state index in [-0.39, 0.29) is 12.5 Å². The second-order valence-electron chi connectivity index (χ2n) is 4.70. The predicted molar refractivity (Wildman–Crippen MR) is 86.2 cm³/mol. The molecule has 0 heterocycles. The minimum Gasteiger partial charge on any atom is -0.343 e. The molecule has 0 aliphatic heterocycles. The highest BCUT2D eigenvalue weighted by Crippen LogP contribution is 2.19. The maximum Gasteiger partial charge on any atom is 0.251 e. The van der Waals surface area contributed by atoms with Crippen LogP contribution in [0.15, 0.2) is 46.9 Å². The number of hydrogen-bond acceptors (Lipinski definition) is 2. The van der Waals surface area contributed by atoms with Crippen LogP contribution in [0.25, 0.3) is 0 Å². The fraction of sp³-hybridized carbons (Fsp3) is 0.125. The van der Waals surface area contributed by atoms with E-state index in [0.29, 0.717) is 11.3 Å². The summed E-state index contributed by atoms with van der Waals surface area (Å²) in [6, 6.07) is 10.6. The zero-order valence-electron chi connectivity index (χ0n) is 11.8. The van der Waals surface area contributed by atoms with Gasteiger partial charge in [0.2, 0.25) is 5.91 Å². The molecule has 4 nitrogen and oxygen atoms in total. The first-order valence-electron chi connectivity index (χ1n) is 6.55. The quantitative estimate of drug-likeness (QED) is 0.874. The normalized spacial score (nSPS) is 10.1. The minimum absolute atomic E-state index is 0.161. The van der Waals surface area contributed by atoms with Crippen LogP contribution in [-0.4, -0.2) is 18.4 Å². The zero-order valence-corrected chi connectivity index (χ0v) is 13.4. The number of aryl methyl sites for hydroxylation is 1. The van der Waals surface area contributed by atoms with Gasteiger partial charge in [-0.3, -0.25) is 9.59 Å². The first kappa shape index (κ1) is 16.2. The number of benzene rings is 2. The van der Waals surface area contributed by atoms with Crippen molar-refractivity contribution in [2.24, 2.45) is 0 Å². The van der Waals surface area contributed by atoms with Crippen LogP contribution in [0.5, 0.6) is 0 Å². The summed E-state index contributed by atoms with van der Waals surface area (Å²) in [5.74, 6) is -1.18. The van der Waals surface area contributed by atoms with E-state index >= 15 is 0 Å². The lowest BCUT2D eigenvalue weighted by Gasteiger charge is -2.09. The lowest BCUT2D eigenvalue weighted by Crippen LogP contribution is -2.33. The Morgan fingerprint density at radius 2 is 1.82 bits per heavy atom. The highest BCUT2D eigenvalue weighted by Gasteiger charge is 2.09. The fourth-order valence-corrected chi connectivity index (χ4v) is 2.30. The van der Waals surface area contributed by atoms with Gasteiger partial charge in [0.1, 0.15) is 5.82 Å². The van der Waals surface area contributed by atoms with Crippen LogP contribution in [0.3, 0.4) is 0 Å². The van der Waals surface area contributed by atoms with Crippen LogP contribution in [0.1, 0.15) is 15.9 Å². The molecule has 22 heavy (non-hydrogen) atoms. The molecule has 0 aliphatic rings. The maximum atomic E-state index is 12.8. The smallest absolute Gasteiger partial charge is 0.251 e. The van der Waals surface area contributed by atoms with Crippen molar-refractivity contribution in [1.29, 1.82) is 0 Å². The van der Waals surface area contributed by atoms with E-state index in [1.807, 2.05) is 19.1 Å². The number of carbonyl (C=O) groups excluding carboxylic acids is 2. The monoisotopic (exact) mass is 364 g/mol.